The van der Waals surface area contributed by atoms with Crippen molar-refractivity contribution in [3.8, 4) is 0 Å². The van der Waals surface area contributed by atoms with Gasteiger partial charge in [-0.1, -0.05) is 6.07 Å². The topological polar surface area (TPSA) is 50.8 Å². The molecule has 5 heteroatoms. The number of aromatic nitrogens is 2. The number of carbonyl (C=O) groups is 1. The quantitative estimate of drug-likeness (QED) is 0.742. The van der Waals surface area contributed by atoms with Gasteiger partial charge in [0.1, 0.15) is 0 Å². The number of aryl methyl sites for hydroxylation is 2. The number of furan rings is 1. The molecule has 0 aliphatic rings. The molecule has 0 spiro atoms. The van der Waals surface area contributed by atoms with Crippen LogP contribution in [0.15, 0.2) is 41.2 Å². The average molecular weight is 283 g/mol. The fraction of sp³-hybridized carbons (Fsp3) is 0.250. The predicted octanol–water partition coefficient (Wildman–Crippen LogP) is 2.82. The Morgan fingerprint density at radius 3 is 2.86 bits per heavy atom. The van der Waals surface area contributed by atoms with Crippen molar-refractivity contribution in [2.75, 3.05) is 7.05 Å². The van der Waals surface area contributed by atoms with Crippen LogP contribution in [0.4, 0.5) is 0 Å². The highest BCUT2D eigenvalue weighted by atomic mass is 16.3. The molecule has 21 heavy (non-hydrogen) atoms. The van der Waals surface area contributed by atoms with E-state index in [0.717, 1.165) is 22.5 Å². The van der Waals surface area contributed by atoms with Crippen molar-refractivity contribution in [3.63, 3.8) is 0 Å². The number of pyridine rings is 1. The molecule has 1 amide bonds. The second-order valence-corrected chi connectivity index (χ2v) is 5.22. The van der Waals surface area contributed by atoms with Gasteiger partial charge in [-0.25, -0.2) is 4.52 Å². The first-order chi connectivity index (χ1) is 10.1. The molecule has 0 unspecified atom stereocenters. The van der Waals surface area contributed by atoms with Crippen LogP contribution in [0.5, 0.6) is 0 Å². The van der Waals surface area contributed by atoms with Crippen molar-refractivity contribution in [3.05, 3.63) is 59.3 Å². The van der Waals surface area contributed by atoms with E-state index in [4.69, 9.17) is 4.42 Å². The lowest BCUT2D eigenvalue weighted by Crippen LogP contribution is -2.26. The van der Waals surface area contributed by atoms with E-state index < -0.39 is 0 Å². The molecule has 3 aromatic heterocycles. The van der Waals surface area contributed by atoms with Crippen molar-refractivity contribution in [2.24, 2.45) is 0 Å². The molecule has 3 heterocycles. The zero-order chi connectivity index (χ0) is 15.0. The van der Waals surface area contributed by atoms with Crippen LogP contribution in [-0.2, 0) is 6.54 Å². The Kier molecular flexibility index (Phi) is 3.25. The molecule has 0 saturated carbocycles. The van der Waals surface area contributed by atoms with Crippen LogP contribution in [-0.4, -0.2) is 27.5 Å². The molecular weight excluding hydrogens is 266 g/mol. The number of hydrogen-bond donors (Lipinski definition) is 0. The van der Waals surface area contributed by atoms with Crippen LogP contribution < -0.4 is 0 Å². The number of amides is 1. The molecule has 5 nitrogen and oxygen atoms in total. The molecule has 3 aromatic rings. The van der Waals surface area contributed by atoms with Crippen LogP contribution >= 0.6 is 0 Å². The molecule has 0 fully saturated rings. The largest absolute Gasteiger partial charge is 0.472 e. The zero-order valence-corrected chi connectivity index (χ0v) is 12.3. The summed E-state index contributed by atoms with van der Waals surface area (Å²) in [6.45, 7) is 4.35. The minimum Gasteiger partial charge on any atom is -0.472 e. The molecule has 0 atom stereocenters. The van der Waals surface area contributed by atoms with Gasteiger partial charge in [-0.15, -0.1) is 0 Å². The monoisotopic (exact) mass is 283 g/mol. The van der Waals surface area contributed by atoms with E-state index >= 15 is 0 Å². The van der Waals surface area contributed by atoms with Gasteiger partial charge in [0.05, 0.1) is 29.3 Å². The SMILES string of the molecule is Cc1nn2c(C)cccc2c1C(=O)N(C)Cc1ccoc1. The average Bonchev–Trinajstić information content (AvgIpc) is 3.06. The number of carbonyl (C=O) groups excluding carboxylic acids is 1. The molecule has 108 valence electrons. The smallest absolute Gasteiger partial charge is 0.258 e. The van der Waals surface area contributed by atoms with Crippen LogP contribution in [0, 0.1) is 13.8 Å². The summed E-state index contributed by atoms with van der Waals surface area (Å²) in [7, 11) is 1.79. The molecule has 0 aromatic carbocycles. The van der Waals surface area contributed by atoms with Crippen molar-refractivity contribution in [1.82, 2.24) is 14.5 Å². The van der Waals surface area contributed by atoms with Crippen molar-refractivity contribution >= 4 is 11.4 Å². The van der Waals surface area contributed by atoms with Gasteiger partial charge in [-0.05, 0) is 32.0 Å². The molecule has 0 bridgehead atoms. The number of nitrogens with zero attached hydrogens (tertiary/aromatic N) is 3. The van der Waals surface area contributed by atoms with E-state index in [1.165, 1.54) is 0 Å². The van der Waals surface area contributed by atoms with Crippen LogP contribution in [0.2, 0.25) is 0 Å². The van der Waals surface area contributed by atoms with E-state index in [1.54, 1.807) is 24.5 Å². The van der Waals surface area contributed by atoms with Crippen LogP contribution in [0.3, 0.4) is 0 Å². The van der Waals surface area contributed by atoms with Gasteiger partial charge in [-0.3, -0.25) is 4.79 Å². The fourth-order valence-corrected chi connectivity index (χ4v) is 2.50. The summed E-state index contributed by atoms with van der Waals surface area (Å²) >= 11 is 0. The van der Waals surface area contributed by atoms with E-state index in [9.17, 15) is 4.79 Å². The summed E-state index contributed by atoms with van der Waals surface area (Å²) < 4.78 is 6.85. The molecule has 0 aliphatic heterocycles. The Bertz CT molecular complexity index is 787. The maximum Gasteiger partial charge on any atom is 0.258 e. The van der Waals surface area contributed by atoms with Gasteiger partial charge in [0.25, 0.3) is 5.91 Å². The maximum absolute atomic E-state index is 12.7. The maximum atomic E-state index is 12.7. The highest BCUT2D eigenvalue weighted by Crippen LogP contribution is 2.19. The highest BCUT2D eigenvalue weighted by Gasteiger charge is 2.21. The first-order valence-corrected chi connectivity index (χ1v) is 6.79. The minimum absolute atomic E-state index is 0.0331. The molecule has 3 rings (SSSR count). The third kappa shape index (κ3) is 2.31. The summed E-state index contributed by atoms with van der Waals surface area (Å²) in [5.41, 5.74) is 4.22. The normalized spacial score (nSPS) is 11.0. The van der Waals surface area contributed by atoms with E-state index in [-0.39, 0.29) is 5.91 Å². The van der Waals surface area contributed by atoms with Crippen LogP contribution in [0.1, 0.15) is 27.3 Å². The number of fused-ring (bicyclic) bond motifs is 1. The van der Waals surface area contributed by atoms with Gasteiger partial charge in [0, 0.05) is 24.8 Å². The van der Waals surface area contributed by atoms with E-state index in [2.05, 4.69) is 5.10 Å². The third-order valence-electron chi connectivity index (χ3n) is 3.58. The van der Waals surface area contributed by atoms with Crippen molar-refractivity contribution in [2.45, 2.75) is 20.4 Å². The van der Waals surface area contributed by atoms with Gasteiger partial charge in [-0.2, -0.15) is 5.10 Å². The number of hydrogen-bond acceptors (Lipinski definition) is 3. The van der Waals surface area contributed by atoms with Gasteiger partial charge < -0.3 is 9.32 Å². The first-order valence-electron chi connectivity index (χ1n) is 6.79. The molecule has 0 N–H and O–H groups in total. The summed E-state index contributed by atoms with van der Waals surface area (Å²) in [4.78, 5) is 14.4. The predicted molar refractivity (Wildman–Crippen MR) is 79.2 cm³/mol. The standard InChI is InChI=1S/C16H17N3O2/c1-11-5-4-6-14-15(12(2)17-19(11)14)16(20)18(3)9-13-7-8-21-10-13/h4-8,10H,9H2,1-3H3. The summed E-state index contributed by atoms with van der Waals surface area (Å²) in [5, 5.41) is 4.46. The fourth-order valence-electron chi connectivity index (χ4n) is 2.50. The lowest BCUT2D eigenvalue weighted by molar-refractivity contribution is 0.0786. The van der Waals surface area contributed by atoms with E-state index in [0.29, 0.717) is 12.1 Å². The van der Waals surface area contributed by atoms with Crippen molar-refractivity contribution in [1.29, 1.82) is 0 Å². The Labute approximate surface area is 122 Å². The Balaban J connectivity index is 1.98. The molecule has 0 saturated heterocycles. The third-order valence-corrected chi connectivity index (χ3v) is 3.58. The summed E-state index contributed by atoms with van der Waals surface area (Å²) in [6.07, 6.45) is 3.26. The van der Waals surface area contributed by atoms with E-state index in [1.807, 2.05) is 42.6 Å². The lowest BCUT2D eigenvalue weighted by atomic mass is 10.1. The highest BCUT2D eigenvalue weighted by molar-refractivity contribution is 6.01. The Hall–Kier alpha value is -2.56. The Morgan fingerprint density at radius 1 is 1.33 bits per heavy atom. The summed E-state index contributed by atoms with van der Waals surface area (Å²) in [5.74, 6) is -0.0331. The zero-order valence-electron chi connectivity index (χ0n) is 12.3. The van der Waals surface area contributed by atoms with Crippen molar-refractivity contribution < 1.29 is 9.21 Å². The van der Waals surface area contributed by atoms with Gasteiger partial charge in [0.15, 0.2) is 0 Å². The Morgan fingerprint density at radius 2 is 2.14 bits per heavy atom. The lowest BCUT2D eigenvalue weighted by Gasteiger charge is -2.16. The second kappa shape index (κ2) is 5.09. The molecule has 0 radical (unpaired) electrons. The minimum atomic E-state index is -0.0331. The van der Waals surface area contributed by atoms with Gasteiger partial charge >= 0.3 is 0 Å². The van der Waals surface area contributed by atoms with Crippen LogP contribution in [0.25, 0.3) is 5.52 Å². The molecule has 0 aliphatic carbocycles. The summed E-state index contributed by atoms with van der Waals surface area (Å²) in [6, 6.07) is 7.70. The van der Waals surface area contributed by atoms with Gasteiger partial charge in [0.2, 0.25) is 0 Å². The number of rotatable bonds is 3. The second-order valence-electron chi connectivity index (χ2n) is 5.22. The molecular formula is C16H17N3O2. The first kappa shape index (κ1) is 13.4.